The molecular weight excluding hydrogens is 208 g/mol. The van der Waals surface area contributed by atoms with Gasteiger partial charge in [0.1, 0.15) is 6.79 Å². The van der Waals surface area contributed by atoms with E-state index in [1.54, 1.807) is 0 Å². The first kappa shape index (κ1) is 12.3. The fourth-order valence-electron chi connectivity index (χ4n) is 2.23. The van der Waals surface area contributed by atoms with Crippen LogP contribution < -0.4 is 5.32 Å². The molecule has 0 aliphatic carbocycles. The highest BCUT2D eigenvalue weighted by Crippen LogP contribution is 2.11. The molecule has 0 aromatic heterocycles. The molecule has 2 aliphatic heterocycles. The van der Waals surface area contributed by atoms with E-state index in [9.17, 15) is 0 Å². The molecule has 5 heteroatoms. The van der Waals surface area contributed by atoms with Crippen LogP contribution in [0, 0.1) is 0 Å². The molecule has 0 radical (unpaired) electrons. The van der Waals surface area contributed by atoms with Crippen molar-refractivity contribution in [3.8, 4) is 0 Å². The van der Waals surface area contributed by atoms with Gasteiger partial charge in [0.05, 0.1) is 25.4 Å². The van der Waals surface area contributed by atoms with Crippen molar-refractivity contribution in [2.45, 2.75) is 18.6 Å². The first-order chi connectivity index (χ1) is 7.88. The number of rotatable bonds is 4. The first-order valence-corrected chi connectivity index (χ1v) is 6.06. The van der Waals surface area contributed by atoms with Gasteiger partial charge in [-0.05, 0) is 13.5 Å². The maximum Gasteiger partial charge on any atom is 0.147 e. The zero-order valence-electron chi connectivity index (χ0n) is 9.98. The summed E-state index contributed by atoms with van der Waals surface area (Å²) in [5.41, 5.74) is 0. The number of likely N-dealkylation sites (N-methyl/N-ethyl adjacent to an activating group) is 1. The number of hydrogen-bond acceptors (Lipinski definition) is 5. The van der Waals surface area contributed by atoms with Crippen molar-refractivity contribution >= 4 is 0 Å². The largest absolute Gasteiger partial charge is 0.374 e. The Morgan fingerprint density at radius 1 is 1.25 bits per heavy atom. The van der Waals surface area contributed by atoms with Gasteiger partial charge in [0.2, 0.25) is 0 Å². The molecule has 0 bridgehead atoms. The quantitative estimate of drug-likeness (QED) is 0.716. The van der Waals surface area contributed by atoms with Crippen LogP contribution in [0.15, 0.2) is 0 Å². The van der Waals surface area contributed by atoms with Gasteiger partial charge in [0, 0.05) is 26.2 Å². The van der Waals surface area contributed by atoms with E-state index < -0.39 is 0 Å². The molecule has 0 saturated carbocycles. The minimum Gasteiger partial charge on any atom is -0.374 e. The van der Waals surface area contributed by atoms with E-state index in [0.29, 0.717) is 19.0 Å². The van der Waals surface area contributed by atoms with Crippen molar-refractivity contribution in [2.24, 2.45) is 0 Å². The smallest absolute Gasteiger partial charge is 0.147 e. The van der Waals surface area contributed by atoms with Crippen molar-refractivity contribution in [2.75, 3.05) is 53.2 Å². The van der Waals surface area contributed by atoms with Crippen molar-refractivity contribution in [1.82, 2.24) is 10.2 Å². The molecule has 2 unspecified atom stereocenters. The highest BCUT2D eigenvalue weighted by atomic mass is 16.7. The number of nitrogens with one attached hydrogen (secondary N) is 1. The van der Waals surface area contributed by atoms with E-state index in [1.165, 1.54) is 0 Å². The van der Waals surface area contributed by atoms with E-state index in [-0.39, 0.29) is 0 Å². The number of morpholine rings is 1. The Morgan fingerprint density at radius 3 is 2.94 bits per heavy atom. The third-order valence-corrected chi connectivity index (χ3v) is 3.09. The molecule has 2 fully saturated rings. The minimum atomic E-state index is 0.318. The Morgan fingerprint density at radius 2 is 2.19 bits per heavy atom. The fraction of sp³-hybridized carbons (Fsp3) is 1.00. The molecule has 5 nitrogen and oxygen atoms in total. The second kappa shape index (κ2) is 6.51. The molecule has 2 heterocycles. The normalized spacial score (nSPS) is 32.8. The third kappa shape index (κ3) is 3.68. The summed E-state index contributed by atoms with van der Waals surface area (Å²) in [4.78, 5) is 2.43. The standard InChI is InChI=1S/C11H22N2O3/c1-12-6-11-8-13(3-5-15-11)7-10-2-4-14-9-16-10/h10-12H,2-9H2,1H3. The summed E-state index contributed by atoms with van der Waals surface area (Å²) in [6, 6.07) is 0. The van der Waals surface area contributed by atoms with Crippen LogP contribution in [0.3, 0.4) is 0 Å². The summed E-state index contributed by atoms with van der Waals surface area (Å²) in [6.45, 7) is 6.06. The second-order valence-corrected chi connectivity index (χ2v) is 4.41. The van der Waals surface area contributed by atoms with Crippen LogP contribution in [-0.2, 0) is 14.2 Å². The lowest BCUT2D eigenvalue weighted by atomic mass is 10.2. The summed E-state index contributed by atoms with van der Waals surface area (Å²) >= 11 is 0. The maximum absolute atomic E-state index is 5.67. The van der Waals surface area contributed by atoms with Crippen LogP contribution in [0.2, 0.25) is 0 Å². The molecule has 2 atom stereocenters. The Balaban J connectivity index is 1.71. The molecule has 1 N–H and O–H groups in total. The Bertz CT molecular complexity index is 196. The van der Waals surface area contributed by atoms with Crippen LogP contribution in [0.4, 0.5) is 0 Å². The van der Waals surface area contributed by atoms with E-state index in [4.69, 9.17) is 14.2 Å². The topological polar surface area (TPSA) is 43.0 Å². The van der Waals surface area contributed by atoms with Crippen molar-refractivity contribution in [1.29, 1.82) is 0 Å². The summed E-state index contributed by atoms with van der Waals surface area (Å²) in [6.07, 6.45) is 1.66. The molecule has 0 amide bonds. The van der Waals surface area contributed by atoms with Crippen LogP contribution in [0.5, 0.6) is 0 Å². The van der Waals surface area contributed by atoms with E-state index in [2.05, 4.69) is 10.2 Å². The van der Waals surface area contributed by atoms with Gasteiger partial charge >= 0.3 is 0 Å². The summed E-state index contributed by atoms with van der Waals surface area (Å²) in [5, 5.41) is 3.16. The maximum atomic E-state index is 5.67. The predicted molar refractivity (Wildman–Crippen MR) is 60.4 cm³/mol. The third-order valence-electron chi connectivity index (χ3n) is 3.09. The average molecular weight is 230 g/mol. The molecule has 94 valence electrons. The molecule has 2 saturated heterocycles. The zero-order chi connectivity index (χ0) is 11.2. The lowest BCUT2D eigenvalue weighted by Crippen LogP contribution is -2.49. The lowest BCUT2D eigenvalue weighted by molar-refractivity contribution is -0.150. The van der Waals surface area contributed by atoms with Gasteiger partial charge in [0.25, 0.3) is 0 Å². The van der Waals surface area contributed by atoms with E-state index in [1.807, 2.05) is 7.05 Å². The van der Waals surface area contributed by atoms with Crippen LogP contribution >= 0.6 is 0 Å². The molecule has 2 rings (SSSR count). The summed E-state index contributed by atoms with van der Waals surface area (Å²) in [5.74, 6) is 0. The zero-order valence-corrected chi connectivity index (χ0v) is 9.98. The fourth-order valence-corrected chi connectivity index (χ4v) is 2.23. The highest BCUT2D eigenvalue weighted by molar-refractivity contribution is 4.76. The predicted octanol–water partition coefficient (Wildman–Crippen LogP) is -0.330. The number of hydrogen-bond donors (Lipinski definition) is 1. The van der Waals surface area contributed by atoms with Crippen LogP contribution in [0.25, 0.3) is 0 Å². The number of nitrogens with zero attached hydrogens (tertiary/aromatic N) is 1. The van der Waals surface area contributed by atoms with Gasteiger partial charge in [0.15, 0.2) is 0 Å². The van der Waals surface area contributed by atoms with E-state index >= 15 is 0 Å². The molecule has 0 aromatic rings. The first-order valence-electron chi connectivity index (χ1n) is 6.06. The minimum absolute atomic E-state index is 0.318. The second-order valence-electron chi connectivity index (χ2n) is 4.41. The molecule has 2 aliphatic rings. The van der Waals surface area contributed by atoms with Gasteiger partial charge in [-0.25, -0.2) is 0 Å². The Kier molecular flexibility index (Phi) is 4.99. The van der Waals surface area contributed by atoms with E-state index in [0.717, 1.165) is 45.8 Å². The summed E-state index contributed by atoms with van der Waals surface area (Å²) < 4.78 is 16.4. The van der Waals surface area contributed by atoms with Gasteiger partial charge in [-0.3, -0.25) is 4.90 Å². The molecule has 0 aromatic carbocycles. The number of ether oxygens (including phenoxy) is 3. The van der Waals surface area contributed by atoms with Gasteiger partial charge in [-0.2, -0.15) is 0 Å². The van der Waals surface area contributed by atoms with Gasteiger partial charge in [-0.1, -0.05) is 0 Å². The lowest BCUT2D eigenvalue weighted by Gasteiger charge is -2.35. The molecular formula is C11H22N2O3. The highest BCUT2D eigenvalue weighted by Gasteiger charge is 2.23. The summed E-state index contributed by atoms with van der Waals surface area (Å²) in [7, 11) is 1.96. The van der Waals surface area contributed by atoms with Crippen molar-refractivity contribution in [3.63, 3.8) is 0 Å². The monoisotopic (exact) mass is 230 g/mol. The average Bonchev–Trinajstić information content (AvgIpc) is 2.31. The van der Waals surface area contributed by atoms with Gasteiger partial charge in [-0.15, -0.1) is 0 Å². The Labute approximate surface area is 97.0 Å². The van der Waals surface area contributed by atoms with Crippen LogP contribution in [-0.4, -0.2) is 70.3 Å². The van der Waals surface area contributed by atoms with Crippen molar-refractivity contribution < 1.29 is 14.2 Å². The van der Waals surface area contributed by atoms with Crippen molar-refractivity contribution in [3.05, 3.63) is 0 Å². The van der Waals surface area contributed by atoms with Gasteiger partial charge < -0.3 is 19.5 Å². The van der Waals surface area contributed by atoms with Crippen LogP contribution in [0.1, 0.15) is 6.42 Å². The Hall–Kier alpha value is -0.200. The SMILES string of the molecule is CNCC1CN(CC2CCOCO2)CCO1. The molecule has 0 spiro atoms. The molecule has 16 heavy (non-hydrogen) atoms.